The quantitative estimate of drug-likeness (QED) is 0.728. The zero-order valence-corrected chi connectivity index (χ0v) is 14.0. The first-order chi connectivity index (χ1) is 11.4. The summed E-state index contributed by atoms with van der Waals surface area (Å²) in [5.74, 6) is -0.850. The summed E-state index contributed by atoms with van der Waals surface area (Å²) in [5.41, 5.74) is -0.113. The molecule has 0 radical (unpaired) electrons. The molecule has 0 aliphatic carbocycles. The molecule has 2 aromatic rings. The van der Waals surface area contributed by atoms with Crippen LogP contribution in [-0.4, -0.2) is 29.1 Å². The van der Waals surface area contributed by atoms with Crippen LogP contribution in [0.4, 0.5) is 4.39 Å². The van der Waals surface area contributed by atoms with Gasteiger partial charge in [0.05, 0.1) is 11.1 Å². The first kappa shape index (κ1) is 18.1. The summed E-state index contributed by atoms with van der Waals surface area (Å²) in [4.78, 5) is 26.8. The van der Waals surface area contributed by atoms with E-state index in [1.807, 2.05) is 13.8 Å². The lowest BCUT2D eigenvalue weighted by Gasteiger charge is -2.31. The van der Waals surface area contributed by atoms with Gasteiger partial charge in [0.25, 0.3) is 5.91 Å². The average molecular weight is 334 g/mol. The maximum atomic E-state index is 13.3. The van der Waals surface area contributed by atoms with Gasteiger partial charge >= 0.3 is 0 Å². The van der Waals surface area contributed by atoms with E-state index in [0.29, 0.717) is 23.9 Å². The minimum absolute atomic E-state index is 0.0603. The standard InChI is InChI=1S/C18H23FN2O3/c1-3-18(4-2,7-8-22)11-20-17(24)14-10-16(23)21-15-9-12(19)5-6-13(14)15/h5-6,9-10,22H,3-4,7-8,11H2,1-2H3,(H,20,24)(H,21,23). The van der Waals surface area contributed by atoms with Crippen molar-refractivity contribution in [3.63, 3.8) is 0 Å². The Morgan fingerprint density at radius 3 is 2.62 bits per heavy atom. The van der Waals surface area contributed by atoms with E-state index in [-0.39, 0.29) is 23.5 Å². The molecule has 0 saturated carbocycles. The smallest absolute Gasteiger partial charge is 0.252 e. The number of H-pyrrole nitrogens is 1. The molecule has 0 fully saturated rings. The second kappa shape index (κ2) is 7.57. The van der Waals surface area contributed by atoms with E-state index in [4.69, 9.17) is 0 Å². The second-order valence-electron chi connectivity index (χ2n) is 6.10. The van der Waals surface area contributed by atoms with Gasteiger partial charge in [-0.3, -0.25) is 9.59 Å². The number of fused-ring (bicyclic) bond motifs is 1. The lowest BCUT2D eigenvalue weighted by atomic mass is 9.79. The maximum absolute atomic E-state index is 13.3. The summed E-state index contributed by atoms with van der Waals surface area (Å²) >= 11 is 0. The van der Waals surface area contributed by atoms with E-state index in [2.05, 4.69) is 10.3 Å². The predicted molar refractivity (Wildman–Crippen MR) is 91.6 cm³/mol. The summed E-state index contributed by atoms with van der Waals surface area (Å²) in [6.45, 7) is 4.52. The van der Waals surface area contributed by atoms with Crippen LogP contribution in [0.1, 0.15) is 43.5 Å². The first-order valence-electron chi connectivity index (χ1n) is 8.16. The number of aromatic nitrogens is 1. The number of amides is 1. The molecule has 0 aliphatic rings. The predicted octanol–water partition coefficient (Wildman–Crippen LogP) is 2.59. The van der Waals surface area contributed by atoms with Crippen molar-refractivity contribution < 1.29 is 14.3 Å². The van der Waals surface area contributed by atoms with Crippen molar-refractivity contribution in [2.24, 2.45) is 5.41 Å². The minimum Gasteiger partial charge on any atom is -0.396 e. The molecule has 2 rings (SSSR count). The van der Waals surface area contributed by atoms with E-state index >= 15 is 0 Å². The van der Waals surface area contributed by atoms with Crippen LogP contribution in [0.25, 0.3) is 10.9 Å². The highest BCUT2D eigenvalue weighted by atomic mass is 19.1. The fourth-order valence-corrected chi connectivity index (χ4v) is 2.96. The molecule has 1 aromatic heterocycles. The molecule has 0 aliphatic heterocycles. The molecule has 0 spiro atoms. The van der Waals surface area contributed by atoms with Crippen molar-refractivity contribution in [1.82, 2.24) is 10.3 Å². The number of rotatable bonds is 7. The number of hydrogen-bond acceptors (Lipinski definition) is 3. The summed E-state index contributed by atoms with van der Waals surface area (Å²) in [5, 5.41) is 12.6. The van der Waals surface area contributed by atoms with Crippen molar-refractivity contribution in [3.05, 3.63) is 46.0 Å². The Bertz CT molecular complexity index is 781. The number of carbonyl (C=O) groups excluding carboxylic acids is 1. The number of benzene rings is 1. The van der Waals surface area contributed by atoms with Gasteiger partial charge in [-0.2, -0.15) is 0 Å². The van der Waals surface area contributed by atoms with Crippen LogP contribution in [0.3, 0.4) is 0 Å². The average Bonchev–Trinajstić information content (AvgIpc) is 2.57. The lowest BCUT2D eigenvalue weighted by molar-refractivity contribution is 0.0908. The zero-order chi connectivity index (χ0) is 17.7. The van der Waals surface area contributed by atoms with Gasteiger partial charge in [-0.1, -0.05) is 13.8 Å². The first-order valence-corrected chi connectivity index (χ1v) is 8.16. The molecule has 1 amide bonds. The third-order valence-electron chi connectivity index (χ3n) is 4.82. The molecule has 0 atom stereocenters. The topological polar surface area (TPSA) is 82.2 Å². The SMILES string of the molecule is CCC(CC)(CCO)CNC(=O)c1cc(=O)[nH]c2cc(F)ccc12. The molecule has 0 unspecified atom stereocenters. The highest BCUT2D eigenvalue weighted by Gasteiger charge is 2.26. The number of nitrogens with one attached hydrogen (secondary N) is 2. The van der Waals surface area contributed by atoms with E-state index in [0.717, 1.165) is 12.8 Å². The number of aliphatic hydroxyl groups excluding tert-OH is 1. The highest BCUT2D eigenvalue weighted by Crippen LogP contribution is 2.29. The van der Waals surface area contributed by atoms with Crippen molar-refractivity contribution in [1.29, 1.82) is 0 Å². The number of aliphatic hydroxyl groups is 1. The van der Waals surface area contributed by atoms with Gasteiger partial charge in [-0.05, 0) is 42.9 Å². The van der Waals surface area contributed by atoms with Gasteiger partial charge in [-0.15, -0.1) is 0 Å². The molecular formula is C18H23FN2O3. The zero-order valence-electron chi connectivity index (χ0n) is 14.0. The summed E-state index contributed by atoms with van der Waals surface area (Å²) < 4.78 is 13.3. The number of carbonyl (C=O) groups is 1. The van der Waals surface area contributed by atoms with Crippen LogP contribution in [0, 0.1) is 11.2 Å². The van der Waals surface area contributed by atoms with Crippen LogP contribution >= 0.6 is 0 Å². The number of pyridine rings is 1. The van der Waals surface area contributed by atoms with E-state index < -0.39 is 11.4 Å². The van der Waals surface area contributed by atoms with Gasteiger partial charge in [0.1, 0.15) is 5.82 Å². The van der Waals surface area contributed by atoms with Crippen molar-refractivity contribution in [2.75, 3.05) is 13.2 Å². The molecule has 0 bridgehead atoms. The molecule has 6 heteroatoms. The molecule has 5 nitrogen and oxygen atoms in total. The minimum atomic E-state index is -0.477. The van der Waals surface area contributed by atoms with Crippen LogP contribution in [0.2, 0.25) is 0 Å². The van der Waals surface area contributed by atoms with Crippen LogP contribution in [-0.2, 0) is 0 Å². The van der Waals surface area contributed by atoms with Crippen LogP contribution < -0.4 is 10.9 Å². The van der Waals surface area contributed by atoms with E-state index in [9.17, 15) is 19.1 Å². The van der Waals surface area contributed by atoms with Gasteiger partial charge in [0.2, 0.25) is 5.56 Å². The normalized spacial score (nSPS) is 11.7. The second-order valence-corrected chi connectivity index (χ2v) is 6.10. The Hall–Kier alpha value is -2.21. The third-order valence-corrected chi connectivity index (χ3v) is 4.82. The fourth-order valence-electron chi connectivity index (χ4n) is 2.96. The molecule has 0 saturated heterocycles. The van der Waals surface area contributed by atoms with Crippen molar-refractivity contribution >= 4 is 16.8 Å². The molecule has 130 valence electrons. The third kappa shape index (κ3) is 3.82. The summed E-state index contributed by atoms with van der Waals surface area (Å²) in [6.07, 6.45) is 2.25. The van der Waals surface area contributed by atoms with Crippen molar-refractivity contribution in [2.45, 2.75) is 33.1 Å². The molecular weight excluding hydrogens is 311 g/mol. The highest BCUT2D eigenvalue weighted by molar-refractivity contribution is 6.05. The Morgan fingerprint density at radius 2 is 2.00 bits per heavy atom. The maximum Gasteiger partial charge on any atom is 0.252 e. The van der Waals surface area contributed by atoms with Crippen LogP contribution in [0.5, 0.6) is 0 Å². The molecule has 1 aromatic carbocycles. The van der Waals surface area contributed by atoms with E-state index in [1.54, 1.807) is 0 Å². The van der Waals surface area contributed by atoms with Gasteiger partial charge in [0.15, 0.2) is 0 Å². The number of halogens is 1. The molecule has 24 heavy (non-hydrogen) atoms. The molecule has 3 N–H and O–H groups in total. The Labute approximate surface area is 139 Å². The largest absolute Gasteiger partial charge is 0.396 e. The van der Waals surface area contributed by atoms with Crippen LogP contribution in [0.15, 0.2) is 29.1 Å². The number of hydrogen-bond donors (Lipinski definition) is 3. The summed E-state index contributed by atoms with van der Waals surface area (Å²) in [6, 6.07) is 5.16. The van der Waals surface area contributed by atoms with Gasteiger partial charge in [-0.25, -0.2) is 4.39 Å². The van der Waals surface area contributed by atoms with Gasteiger partial charge < -0.3 is 15.4 Å². The Kier molecular flexibility index (Phi) is 5.72. The fraction of sp³-hybridized carbons (Fsp3) is 0.444. The van der Waals surface area contributed by atoms with Crippen molar-refractivity contribution in [3.8, 4) is 0 Å². The Balaban J connectivity index is 2.30. The monoisotopic (exact) mass is 334 g/mol. The summed E-state index contributed by atoms with van der Waals surface area (Å²) in [7, 11) is 0. The van der Waals surface area contributed by atoms with Gasteiger partial charge in [0, 0.05) is 24.6 Å². The Morgan fingerprint density at radius 1 is 1.29 bits per heavy atom. The molecule has 1 heterocycles. The van der Waals surface area contributed by atoms with E-state index in [1.165, 1.54) is 24.3 Å². The number of aromatic amines is 1. The lowest BCUT2D eigenvalue weighted by Crippen LogP contribution is -2.38.